The molecular formula is C19H32ClN3O. The maximum atomic E-state index is 12.4. The fourth-order valence-electron chi connectivity index (χ4n) is 3.28. The SMILES string of the molecule is CCC(C)C(N)C(=O)N(C)CC1CCN(Cc2ccccc2)C1.Cl. The minimum Gasteiger partial charge on any atom is -0.344 e. The van der Waals surface area contributed by atoms with Gasteiger partial charge < -0.3 is 10.6 Å². The first-order chi connectivity index (χ1) is 11.0. The largest absolute Gasteiger partial charge is 0.344 e. The van der Waals surface area contributed by atoms with E-state index in [1.54, 1.807) is 0 Å². The molecule has 2 rings (SSSR count). The monoisotopic (exact) mass is 353 g/mol. The minimum atomic E-state index is -0.369. The van der Waals surface area contributed by atoms with E-state index in [2.05, 4.69) is 42.2 Å². The predicted molar refractivity (Wildman–Crippen MR) is 102 cm³/mol. The van der Waals surface area contributed by atoms with Crippen LogP contribution in [0.15, 0.2) is 30.3 Å². The Balaban J connectivity index is 0.00000288. The third kappa shape index (κ3) is 5.76. The average molecular weight is 354 g/mol. The second-order valence-corrected chi connectivity index (χ2v) is 7.01. The van der Waals surface area contributed by atoms with Crippen LogP contribution in [0.4, 0.5) is 0 Å². The maximum absolute atomic E-state index is 12.4. The number of nitrogens with two attached hydrogens (primary N) is 1. The van der Waals surface area contributed by atoms with Crippen molar-refractivity contribution in [3.8, 4) is 0 Å². The number of nitrogens with zero attached hydrogens (tertiary/aromatic N) is 2. The van der Waals surface area contributed by atoms with Gasteiger partial charge in [-0.3, -0.25) is 9.69 Å². The third-order valence-corrected chi connectivity index (χ3v) is 5.07. The molecule has 1 aromatic rings. The molecule has 3 atom stereocenters. The van der Waals surface area contributed by atoms with E-state index in [-0.39, 0.29) is 30.3 Å². The lowest BCUT2D eigenvalue weighted by Gasteiger charge is -2.27. The summed E-state index contributed by atoms with van der Waals surface area (Å²) < 4.78 is 0. The summed E-state index contributed by atoms with van der Waals surface area (Å²) in [7, 11) is 1.89. The normalized spacial score (nSPS) is 20.2. The van der Waals surface area contributed by atoms with E-state index in [0.717, 1.165) is 39.0 Å². The number of carbonyl (C=O) groups is 1. The van der Waals surface area contributed by atoms with Gasteiger partial charge in [0.2, 0.25) is 5.91 Å². The van der Waals surface area contributed by atoms with E-state index in [4.69, 9.17) is 5.73 Å². The summed E-state index contributed by atoms with van der Waals surface area (Å²) in [4.78, 5) is 16.7. The highest BCUT2D eigenvalue weighted by atomic mass is 35.5. The van der Waals surface area contributed by atoms with Gasteiger partial charge in [0.05, 0.1) is 6.04 Å². The Kier molecular flexibility index (Phi) is 8.74. The van der Waals surface area contributed by atoms with Crippen LogP contribution in [0, 0.1) is 11.8 Å². The molecule has 0 spiro atoms. The number of hydrogen-bond acceptors (Lipinski definition) is 3. The summed E-state index contributed by atoms with van der Waals surface area (Å²) in [6.45, 7) is 8.11. The molecule has 1 fully saturated rings. The number of hydrogen-bond donors (Lipinski definition) is 1. The molecular weight excluding hydrogens is 322 g/mol. The van der Waals surface area contributed by atoms with Gasteiger partial charge in [-0.25, -0.2) is 0 Å². The second kappa shape index (κ2) is 10.0. The number of likely N-dealkylation sites (tertiary alicyclic amines) is 1. The molecule has 4 nitrogen and oxygen atoms in total. The molecule has 2 N–H and O–H groups in total. The van der Waals surface area contributed by atoms with Crippen molar-refractivity contribution in [3.63, 3.8) is 0 Å². The van der Waals surface area contributed by atoms with Gasteiger partial charge in [0.15, 0.2) is 0 Å². The van der Waals surface area contributed by atoms with Gasteiger partial charge in [-0.1, -0.05) is 50.6 Å². The summed E-state index contributed by atoms with van der Waals surface area (Å²) in [5.74, 6) is 0.876. The van der Waals surface area contributed by atoms with Crippen LogP contribution in [0.25, 0.3) is 0 Å². The minimum absolute atomic E-state index is 0. The highest BCUT2D eigenvalue weighted by Gasteiger charge is 2.28. The van der Waals surface area contributed by atoms with Gasteiger partial charge in [0.1, 0.15) is 0 Å². The molecule has 0 radical (unpaired) electrons. The van der Waals surface area contributed by atoms with Crippen molar-refractivity contribution in [2.24, 2.45) is 17.6 Å². The Labute approximate surface area is 152 Å². The standard InChI is InChI=1S/C19H31N3O.ClH/c1-4-15(2)18(20)19(23)21(3)12-17-10-11-22(14-17)13-16-8-6-5-7-9-16;/h5-9,15,17-18H,4,10-14,20H2,1-3H3;1H. The van der Waals surface area contributed by atoms with Gasteiger partial charge >= 0.3 is 0 Å². The first-order valence-electron chi connectivity index (χ1n) is 8.78. The van der Waals surface area contributed by atoms with Crippen molar-refractivity contribution in [2.75, 3.05) is 26.7 Å². The predicted octanol–water partition coefficient (Wildman–Crippen LogP) is 2.76. The van der Waals surface area contributed by atoms with E-state index in [0.29, 0.717) is 5.92 Å². The average Bonchev–Trinajstić information content (AvgIpc) is 3.00. The Hall–Kier alpha value is -1.10. The van der Waals surface area contributed by atoms with Gasteiger partial charge in [0, 0.05) is 26.7 Å². The van der Waals surface area contributed by atoms with Crippen molar-refractivity contribution in [3.05, 3.63) is 35.9 Å². The summed E-state index contributed by atoms with van der Waals surface area (Å²) in [6.07, 6.45) is 2.10. The van der Waals surface area contributed by atoms with Crippen molar-refractivity contribution in [2.45, 2.75) is 39.3 Å². The molecule has 1 aliphatic rings. The number of rotatable bonds is 7. The molecule has 5 heteroatoms. The van der Waals surface area contributed by atoms with Gasteiger partial charge in [-0.2, -0.15) is 0 Å². The molecule has 24 heavy (non-hydrogen) atoms. The highest BCUT2D eigenvalue weighted by Crippen LogP contribution is 2.20. The maximum Gasteiger partial charge on any atom is 0.239 e. The number of amides is 1. The zero-order valence-corrected chi connectivity index (χ0v) is 16.0. The quantitative estimate of drug-likeness (QED) is 0.820. The second-order valence-electron chi connectivity index (χ2n) is 7.01. The lowest BCUT2D eigenvalue weighted by Crippen LogP contribution is -2.47. The molecule has 0 aromatic heterocycles. The third-order valence-electron chi connectivity index (χ3n) is 5.07. The van der Waals surface area contributed by atoms with Gasteiger partial charge in [-0.15, -0.1) is 12.4 Å². The molecule has 1 aliphatic heterocycles. The zero-order valence-electron chi connectivity index (χ0n) is 15.1. The molecule has 1 amide bonds. The highest BCUT2D eigenvalue weighted by molar-refractivity contribution is 5.85. The molecule has 1 saturated heterocycles. The van der Waals surface area contributed by atoms with Crippen molar-refractivity contribution < 1.29 is 4.79 Å². The van der Waals surface area contributed by atoms with Crippen LogP contribution in [0.1, 0.15) is 32.3 Å². The molecule has 0 saturated carbocycles. The summed E-state index contributed by atoms with van der Waals surface area (Å²) >= 11 is 0. The van der Waals surface area contributed by atoms with Crippen molar-refractivity contribution >= 4 is 18.3 Å². The van der Waals surface area contributed by atoms with Crippen LogP contribution >= 0.6 is 12.4 Å². The van der Waals surface area contributed by atoms with Crippen molar-refractivity contribution in [1.82, 2.24) is 9.80 Å². The molecule has 1 heterocycles. The van der Waals surface area contributed by atoms with Crippen LogP contribution in [-0.4, -0.2) is 48.4 Å². The summed E-state index contributed by atoms with van der Waals surface area (Å²) in [5, 5.41) is 0. The fraction of sp³-hybridized carbons (Fsp3) is 0.632. The zero-order chi connectivity index (χ0) is 16.8. The fourth-order valence-corrected chi connectivity index (χ4v) is 3.28. The topological polar surface area (TPSA) is 49.6 Å². The molecule has 0 bridgehead atoms. The molecule has 1 aromatic carbocycles. The lowest BCUT2D eigenvalue weighted by atomic mass is 9.98. The van der Waals surface area contributed by atoms with Gasteiger partial charge in [0.25, 0.3) is 0 Å². The Morgan fingerprint density at radius 3 is 2.67 bits per heavy atom. The number of halogens is 1. The van der Waals surface area contributed by atoms with Crippen LogP contribution in [0.3, 0.4) is 0 Å². The summed E-state index contributed by atoms with van der Waals surface area (Å²) in [5.41, 5.74) is 7.43. The van der Waals surface area contributed by atoms with Crippen molar-refractivity contribution in [1.29, 1.82) is 0 Å². The van der Waals surface area contributed by atoms with Crippen LogP contribution in [0.2, 0.25) is 0 Å². The summed E-state index contributed by atoms with van der Waals surface area (Å²) in [6, 6.07) is 10.2. The first kappa shape index (κ1) is 20.9. The van der Waals surface area contributed by atoms with E-state index >= 15 is 0 Å². The van der Waals surface area contributed by atoms with E-state index in [1.165, 1.54) is 5.56 Å². The molecule has 0 aliphatic carbocycles. The van der Waals surface area contributed by atoms with E-state index in [1.807, 2.05) is 18.9 Å². The lowest BCUT2D eigenvalue weighted by molar-refractivity contribution is -0.132. The number of benzene rings is 1. The first-order valence-corrected chi connectivity index (χ1v) is 8.78. The Morgan fingerprint density at radius 1 is 1.38 bits per heavy atom. The van der Waals surface area contributed by atoms with Crippen LogP contribution in [-0.2, 0) is 11.3 Å². The number of likely N-dealkylation sites (N-methyl/N-ethyl adjacent to an activating group) is 1. The van der Waals surface area contributed by atoms with Crippen LogP contribution < -0.4 is 5.73 Å². The Morgan fingerprint density at radius 2 is 2.04 bits per heavy atom. The molecule has 136 valence electrons. The van der Waals surface area contributed by atoms with E-state index in [9.17, 15) is 4.79 Å². The number of carbonyl (C=O) groups excluding carboxylic acids is 1. The molecule has 3 unspecified atom stereocenters. The smallest absolute Gasteiger partial charge is 0.239 e. The van der Waals surface area contributed by atoms with Gasteiger partial charge in [-0.05, 0) is 30.4 Å². The van der Waals surface area contributed by atoms with E-state index < -0.39 is 0 Å². The van der Waals surface area contributed by atoms with Crippen LogP contribution in [0.5, 0.6) is 0 Å². The Bertz CT molecular complexity index is 497.